The van der Waals surface area contributed by atoms with Crippen LogP contribution in [0.15, 0.2) is 65.1 Å². The van der Waals surface area contributed by atoms with Gasteiger partial charge in [0, 0.05) is 24.9 Å². The number of hydrogen-bond acceptors (Lipinski definition) is 3. The summed E-state index contributed by atoms with van der Waals surface area (Å²) >= 11 is 0. The zero-order valence-electron chi connectivity index (χ0n) is 17.7. The molecule has 0 radical (unpaired) electrons. The van der Waals surface area contributed by atoms with E-state index in [0.29, 0.717) is 37.2 Å². The maximum Gasteiger partial charge on any atom is 0.243 e. The smallest absolute Gasteiger partial charge is 0.243 e. The first-order valence-corrected chi connectivity index (χ1v) is 12.1. The first-order valence-electron chi connectivity index (χ1n) is 10.7. The van der Waals surface area contributed by atoms with E-state index in [1.807, 2.05) is 19.1 Å². The molecule has 1 fully saturated rings. The Hall–Kier alpha value is -2.24. The Morgan fingerprint density at radius 1 is 1.03 bits per heavy atom. The molecule has 1 atom stereocenters. The highest BCUT2D eigenvalue weighted by Gasteiger charge is 2.45. The van der Waals surface area contributed by atoms with Crippen molar-refractivity contribution in [3.8, 4) is 0 Å². The van der Waals surface area contributed by atoms with Crippen LogP contribution in [0.2, 0.25) is 0 Å². The maximum atomic E-state index is 13.4. The standard InChI is InChI=1S/C25H29NO3S/c1-3-20-5-4-6-21(15-20)17-25-13-11-23(27)16-22(25)12-14-26(18-25)30(28,29)24-9-7-19(2)8-10-24/h4-10,15-16H,3,11-14,17-18H2,1-2H3. The van der Waals surface area contributed by atoms with Crippen LogP contribution in [0, 0.1) is 12.3 Å². The summed E-state index contributed by atoms with van der Waals surface area (Å²) in [5.74, 6) is 0.165. The second-order valence-corrected chi connectivity index (χ2v) is 10.6. The topological polar surface area (TPSA) is 54.5 Å². The zero-order chi connectivity index (χ0) is 21.4. The van der Waals surface area contributed by atoms with Gasteiger partial charge in [-0.2, -0.15) is 4.31 Å². The van der Waals surface area contributed by atoms with E-state index in [9.17, 15) is 13.2 Å². The van der Waals surface area contributed by atoms with E-state index in [-0.39, 0.29) is 11.2 Å². The number of fused-ring (bicyclic) bond motifs is 1. The number of allylic oxidation sites excluding steroid dienone is 1. The SMILES string of the molecule is CCc1cccc(CC23CCC(=O)C=C2CCN(S(=O)(=O)c2ccc(C)cc2)C3)c1. The second-order valence-electron chi connectivity index (χ2n) is 8.67. The van der Waals surface area contributed by atoms with Crippen LogP contribution in [-0.4, -0.2) is 31.6 Å². The van der Waals surface area contributed by atoms with Gasteiger partial charge < -0.3 is 0 Å². The molecule has 0 amide bonds. The Balaban J connectivity index is 1.69. The van der Waals surface area contributed by atoms with Gasteiger partial charge in [-0.25, -0.2) is 8.42 Å². The molecule has 0 bridgehead atoms. The monoisotopic (exact) mass is 423 g/mol. The van der Waals surface area contributed by atoms with Crippen LogP contribution >= 0.6 is 0 Å². The molecule has 158 valence electrons. The number of aryl methyl sites for hydroxylation is 2. The summed E-state index contributed by atoms with van der Waals surface area (Å²) in [6.07, 6.45) is 5.33. The lowest BCUT2D eigenvalue weighted by molar-refractivity contribution is -0.116. The van der Waals surface area contributed by atoms with E-state index in [4.69, 9.17) is 0 Å². The molecule has 1 aliphatic heterocycles. The Bertz CT molecular complexity index is 1090. The number of piperidine rings is 1. The second kappa shape index (κ2) is 8.12. The van der Waals surface area contributed by atoms with Gasteiger partial charge in [0.15, 0.2) is 5.78 Å². The molecule has 0 saturated carbocycles. The number of benzene rings is 2. The first-order chi connectivity index (χ1) is 14.3. The van der Waals surface area contributed by atoms with Crippen molar-refractivity contribution in [1.29, 1.82) is 0 Å². The molecule has 1 saturated heterocycles. The normalized spacial score (nSPS) is 22.5. The summed E-state index contributed by atoms with van der Waals surface area (Å²) in [6, 6.07) is 15.6. The number of nitrogens with zero attached hydrogens (tertiary/aromatic N) is 1. The lowest BCUT2D eigenvalue weighted by Crippen LogP contribution is -2.49. The van der Waals surface area contributed by atoms with Crippen molar-refractivity contribution in [3.05, 3.63) is 76.9 Å². The quantitative estimate of drug-likeness (QED) is 0.713. The summed E-state index contributed by atoms with van der Waals surface area (Å²) in [4.78, 5) is 12.5. The van der Waals surface area contributed by atoms with Crippen LogP contribution < -0.4 is 0 Å². The molecule has 2 aromatic carbocycles. The molecule has 1 unspecified atom stereocenters. The van der Waals surface area contributed by atoms with E-state index < -0.39 is 10.0 Å². The molecule has 0 aromatic heterocycles. The van der Waals surface area contributed by atoms with E-state index in [1.54, 1.807) is 22.5 Å². The summed E-state index contributed by atoms with van der Waals surface area (Å²) in [6.45, 7) is 4.94. The number of sulfonamides is 1. The number of ketones is 1. The summed E-state index contributed by atoms with van der Waals surface area (Å²) in [5.41, 5.74) is 4.34. The van der Waals surface area contributed by atoms with Crippen molar-refractivity contribution in [2.75, 3.05) is 13.1 Å². The molecule has 0 N–H and O–H groups in total. The highest BCUT2D eigenvalue weighted by molar-refractivity contribution is 7.89. The average Bonchev–Trinajstić information content (AvgIpc) is 2.74. The first kappa shape index (κ1) is 21.0. The number of carbonyl (C=O) groups excluding carboxylic acids is 1. The molecule has 0 spiro atoms. The number of carbonyl (C=O) groups is 1. The Labute approximate surface area is 179 Å². The molecule has 4 rings (SSSR count). The largest absolute Gasteiger partial charge is 0.295 e. The van der Waals surface area contributed by atoms with Gasteiger partial charge in [0.05, 0.1) is 4.90 Å². The lowest BCUT2D eigenvalue weighted by atomic mass is 9.66. The average molecular weight is 424 g/mol. The third-order valence-corrected chi connectivity index (χ3v) is 8.44. The molecule has 2 aromatic rings. The van der Waals surface area contributed by atoms with Crippen molar-refractivity contribution >= 4 is 15.8 Å². The van der Waals surface area contributed by atoms with Crippen molar-refractivity contribution in [2.24, 2.45) is 5.41 Å². The molecule has 2 aliphatic rings. The minimum atomic E-state index is -3.56. The minimum absolute atomic E-state index is 0.165. The predicted octanol–water partition coefficient (Wildman–Crippen LogP) is 4.47. The van der Waals surface area contributed by atoms with Gasteiger partial charge in [-0.3, -0.25) is 4.79 Å². The fourth-order valence-corrected chi connectivity index (χ4v) is 6.32. The Morgan fingerprint density at radius 2 is 1.77 bits per heavy atom. The van der Waals surface area contributed by atoms with E-state index in [2.05, 4.69) is 31.2 Å². The van der Waals surface area contributed by atoms with Crippen LogP contribution in [0.3, 0.4) is 0 Å². The fraction of sp³-hybridized carbons (Fsp3) is 0.400. The number of hydrogen-bond donors (Lipinski definition) is 0. The van der Waals surface area contributed by atoms with Crippen molar-refractivity contribution in [2.45, 2.75) is 50.8 Å². The molecule has 4 nitrogen and oxygen atoms in total. The van der Waals surface area contributed by atoms with Gasteiger partial charge >= 0.3 is 0 Å². The molecule has 30 heavy (non-hydrogen) atoms. The van der Waals surface area contributed by atoms with Crippen molar-refractivity contribution in [3.63, 3.8) is 0 Å². The lowest BCUT2D eigenvalue weighted by Gasteiger charge is -2.46. The predicted molar refractivity (Wildman–Crippen MR) is 119 cm³/mol. The molecule has 1 aliphatic carbocycles. The van der Waals surface area contributed by atoms with Crippen LogP contribution in [0.5, 0.6) is 0 Å². The van der Waals surface area contributed by atoms with Crippen LogP contribution in [-0.2, 0) is 27.7 Å². The highest BCUT2D eigenvalue weighted by atomic mass is 32.2. The number of rotatable bonds is 5. The van der Waals surface area contributed by atoms with Crippen molar-refractivity contribution in [1.82, 2.24) is 4.31 Å². The summed E-state index contributed by atoms with van der Waals surface area (Å²) < 4.78 is 28.4. The van der Waals surface area contributed by atoms with Gasteiger partial charge in [0.2, 0.25) is 10.0 Å². The van der Waals surface area contributed by atoms with Gasteiger partial charge in [0.1, 0.15) is 0 Å². The summed E-state index contributed by atoms with van der Waals surface area (Å²) in [7, 11) is -3.56. The highest BCUT2D eigenvalue weighted by Crippen LogP contribution is 2.46. The van der Waals surface area contributed by atoms with Crippen LogP contribution in [0.1, 0.15) is 42.9 Å². The molecule has 5 heteroatoms. The third kappa shape index (κ3) is 4.01. The van der Waals surface area contributed by atoms with Gasteiger partial charge in [-0.15, -0.1) is 0 Å². The van der Waals surface area contributed by atoms with Crippen LogP contribution in [0.25, 0.3) is 0 Å². The van der Waals surface area contributed by atoms with Gasteiger partial charge in [0.25, 0.3) is 0 Å². The van der Waals surface area contributed by atoms with Crippen molar-refractivity contribution < 1.29 is 13.2 Å². The molecular formula is C25H29NO3S. The Morgan fingerprint density at radius 3 is 2.50 bits per heavy atom. The minimum Gasteiger partial charge on any atom is -0.295 e. The fourth-order valence-electron chi connectivity index (χ4n) is 4.79. The van der Waals surface area contributed by atoms with Gasteiger partial charge in [-0.05, 0) is 61.9 Å². The van der Waals surface area contributed by atoms with E-state index >= 15 is 0 Å². The van der Waals surface area contributed by atoms with E-state index in [1.165, 1.54) is 11.1 Å². The van der Waals surface area contributed by atoms with E-state index in [0.717, 1.165) is 24.0 Å². The molecular weight excluding hydrogens is 394 g/mol. The van der Waals surface area contributed by atoms with Gasteiger partial charge in [-0.1, -0.05) is 54.5 Å². The van der Waals surface area contributed by atoms with Crippen LogP contribution in [0.4, 0.5) is 0 Å². The maximum absolute atomic E-state index is 13.4. The summed E-state index contributed by atoms with van der Waals surface area (Å²) in [5, 5.41) is 0. The molecule has 1 heterocycles. The third-order valence-electron chi connectivity index (χ3n) is 6.58. The Kier molecular flexibility index (Phi) is 5.69. The zero-order valence-corrected chi connectivity index (χ0v) is 18.5.